The molecule has 0 amide bonds. The van der Waals surface area contributed by atoms with Gasteiger partial charge in [-0.05, 0) is 17.5 Å². The third kappa shape index (κ3) is 2.60. The van der Waals surface area contributed by atoms with Gasteiger partial charge >= 0.3 is 0 Å². The van der Waals surface area contributed by atoms with Crippen LogP contribution in [0.1, 0.15) is 25.3 Å². The molecule has 1 aromatic carbocycles. The first-order valence-electron chi connectivity index (χ1n) is 4.06. The van der Waals surface area contributed by atoms with E-state index in [0.29, 0.717) is 0 Å². The first-order valence-corrected chi connectivity index (χ1v) is 4.06. The maximum atomic E-state index is 10.5. The van der Waals surface area contributed by atoms with Gasteiger partial charge in [0, 0.05) is 6.07 Å². The number of benzene rings is 1. The molecule has 0 aliphatic heterocycles. The van der Waals surface area contributed by atoms with E-state index in [0.717, 1.165) is 5.56 Å². The standard InChI is InChI=1S/C9H12N2O2.ClH/c1-6(2)7-3-4-8(10)9(5-7)11(12)13;/h3-6H,10H2,1-2H3;1H/p-1. The molecule has 0 spiro atoms. The van der Waals surface area contributed by atoms with Gasteiger partial charge in [-0.2, -0.15) is 0 Å². The third-order valence-corrected chi connectivity index (χ3v) is 1.92. The summed E-state index contributed by atoms with van der Waals surface area (Å²) in [6.07, 6.45) is 0. The molecule has 0 heterocycles. The van der Waals surface area contributed by atoms with Crippen LogP contribution in [-0.2, 0) is 0 Å². The Labute approximate surface area is 88.7 Å². The van der Waals surface area contributed by atoms with E-state index in [2.05, 4.69) is 0 Å². The smallest absolute Gasteiger partial charge is 0.292 e. The van der Waals surface area contributed by atoms with E-state index in [9.17, 15) is 10.1 Å². The number of rotatable bonds is 2. The van der Waals surface area contributed by atoms with Crippen LogP contribution in [0.2, 0.25) is 0 Å². The minimum Gasteiger partial charge on any atom is -1.00 e. The molecule has 0 unspecified atom stereocenters. The fourth-order valence-corrected chi connectivity index (χ4v) is 1.08. The van der Waals surface area contributed by atoms with Gasteiger partial charge in [0.1, 0.15) is 5.69 Å². The number of anilines is 1. The van der Waals surface area contributed by atoms with Crippen LogP contribution in [0.4, 0.5) is 11.4 Å². The lowest BCUT2D eigenvalue weighted by molar-refractivity contribution is -0.384. The fourth-order valence-electron chi connectivity index (χ4n) is 1.08. The molecule has 78 valence electrons. The summed E-state index contributed by atoms with van der Waals surface area (Å²) in [6.45, 7) is 3.96. The number of nitro groups is 1. The van der Waals surface area contributed by atoms with Crippen molar-refractivity contribution in [3.8, 4) is 0 Å². The lowest BCUT2D eigenvalue weighted by Gasteiger charge is -2.05. The van der Waals surface area contributed by atoms with Gasteiger partial charge in [0.05, 0.1) is 4.92 Å². The molecule has 14 heavy (non-hydrogen) atoms. The van der Waals surface area contributed by atoms with Crippen LogP contribution < -0.4 is 18.1 Å². The fraction of sp³-hybridized carbons (Fsp3) is 0.333. The van der Waals surface area contributed by atoms with Crippen molar-refractivity contribution in [2.24, 2.45) is 0 Å². The SMILES string of the molecule is CC(C)c1ccc(N)c([N+](=O)[O-])c1.[Cl-]. The molecule has 1 rings (SSSR count). The van der Waals surface area contributed by atoms with E-state index in [4.69, 9.17) is 5.73 Å². The van der Waals surface area contributed by atoms with Crippen LogP contribution in [0.25, 0.3) is 0 Å². The molecule has 2 N–H and O–H groups in total. The molecular weight excluding hydrogens is 204 g/mol. The summed E-state index contributed by atoms with van der Waals surface area (Å²) in [6, 6.07) is 4.92. The Morgan fingerprint density at radius 3 is 2.43 bits per heavy atom. The first kappa shape index (κ1) is 12.7. The zero-order chi connectivity index (χ0) is 10.0. The molecule has 5 heteroatoms. The molecule has 0 saturated carbocycles. The Morgan fingerprint density at radius 1 is 1.43 bits per heavy atom. The zero-order valence-corrected chi connectivity index (χ0v) is 8.78. The summed E-state index contributed by atoms with van der Waals surface area (Å²) in [7, 11) is 0. The molecule has 1 aromatic rings. The Balaban J connectivity index is 0.00000169. The van der Waals surface area contributed by atoms with E-state index >= 15 is 0 Å². The molecule has 0 fully saturated rings. The number of nitrogens with two attached hydrogens (primary N) is 1. The number of nitrogens with zero attached hydrogens (tertiary/aromatic N) is 1. The highest BCUT2D eigenvalue weighted by molar-refractivity contribution is 5.59. The predicted octanol–water partition coefficient (Wildman–Crippen LogP) is -0.696. The second-order valence-electron chi connectivity index (χ2n) is 3.23. The van der Waals surface area contributed by atoms with Crippen molar-refractivity contribution in [1.29, 1.82) is 0 Å². The van der Waals surface area contributed by atoms with E-state index in [1.807, 2.05) is 19.9 Å². The zero-order valence-electron chi connectivity index (χ0n) is 8.03. The van der Waals surface area contributed by atoms with Crippen LogP contribution in [-0.4, -0.2) is 4.92 Å². The molecular formula is C9H12ClN2O2-. The van der Waals surface area contributed by atoms with Gasteiger partial charge in [0.15, 0.2) is 0 Å². The maximum absolute atomic E-state index is 10.5. The monoisotopic (exact) mass is 215 g/mol. The summed E-state index contributed by atoms with van der Waals surface area (Å²) in [5.74, 6) is 0.277. The Hall–Kier alpha value is -1.29. The highest BCUT2D eigenvalue weighted by Gasteiger charge is 2.12. The Morgan fingerprint density at radius 2 is 2.00 bits per heavy atom. The van der Waals surface area contributed by atoms with Crippen molar-refractivity contribution >= 4 is 11.4 Å². The van der Waals surface area contributed by atoms with Crippen molar-refractivity contribution < 1.29 is 17.3 Å². The van der Waals surface area contributed by atoms with Crippen molar-refractivity contribution in [2.75, 3.05) is 5.73 Å². The van der Waals surface area contributed by atoms with Crippen LogP contribution in [0.5, 0.6) is 0 Å². The van der Waals surface area contributed by atoms with Gasteiger partial charge < -0.3 is 18.1 Å². The van der Waals surface area contributed by atoms with Gasteiger partial charge in [-0.25, -0.2) is 0 Å². The molecule has 0 aromatic heterocycles. The predicted molar refractivity (Wildman–Crippen MR) is 51.6 cm³/mol. The van der Waals surface area contributed by atoms with Crippen molar-refractivity contribution in [3.63, 3.8) is 0 Å². The first-order chi connectivity index (χ1) is 6.02. The Kier molecular flexibility index (Phi) is 4.37. The van der Waals surface area contributed by atoms with Gasteiger partial charge in [0.2, 0.25) is 0 Å². The third-order valence-electron chi connectivity index (χ3n) is 1.92. The summed E-state index contributed by atoms with van der Waals surface area (Å²) in [5, 5.41) is 10.5. The number of nitrogen functional groups attached to an aromatic ring is 1. The number of hydrogen-bond acceptors (Lipinski definition) is 3. The van der Waals surface area contributed by atoms with Crippen LogP contribution in [0, 0.1) is 10.1 Å². The molecule has 0 bridgehead atoms. The average Bonchev–Trinajstić information content (AvgIpc) is 2.04. The quantitative estimate of drug-likeness (QED) is 0.403. The molecule has 0 aliphatic rings. The van der Waals surface area contributed by atoms with Gasteiger partial charge in [-0.3, -0.25) is 10.1 Å². The molecule has 0 radical (unpaired) electrons. The van der Waals surface area contributed by atoms with Gasteiger partial charge in [-0.1, -0.05) is 19.9 Å². The number of hydrogen-bond donors (Lipinski definition) is 1. The minimum absolute atomic E-state index is 0. The van der Waals surface area contributed by atoms with Crippen LogP contribution >= 0.6 is 0 Å². The van der Waals surface area contributed by atoms with Crippen molar-refractivity contribution in [1.82, 2.24) is 0 Å². The highest BCUT2D eigenvalue weighted by atomic mass is 35.5. The average molecular weight is 216 g/mol. The summed E-state index contributed by atoms with van der Waals surface area (Å²) in [5.41, 5.74) is 6.59. The van der Waals surface area contributed by atoms with Gasteiger partial charge in [0.25, 0.3) is 5.69 Å². The second-order valence-corrected chi connectivity index (χ2v) is 3.23. The van der Waals surface area contributed by atoms with Crippen molar-refractivity contribution in [3.05, 3.63) is 33.9 Å². The normalized spacial score (nSPS) is 9.64. The summed E-state index contributed by atoms with van der Waals surface area (Å²) < 4.78 is 0. The van der Waals surface area contributed by atoms with E-state index in [1.165, 1.54) is 6.07 Å². The van der Waals surface area contributed by atoms with E-state index in [-0.39, 0.29) is 29.7 Å². The van der Waals surface area contributed by atoms with Crippen LogP contribution in [0.3, 0.4) is 0 Å². The van der Waals surface area contributed by atoms with Gasteiger partial charge in [-0.15, -0.1) is 0 Å². The number of halogens is 1. The Bertz CT molecular complexity index is 340. The molecule has 0 atom stereocenters. The minimum atomic E-state index is -0.457. The molecule has 0 saturated heterocycles. The van der Waals surface area contributed by atoms with Crippen molar-refractivity contribution in [2.45, 2.75) is 19.8 Å². The molecule has 4 nitrogen and oxygen atoms in total. The second kappa shape index (κ2) is 4.81. The van der Waals surface area contributed by atoms with Crippen LogP contribution in [0.15, 0.2) is 18.2 Å². The topological polar surface area (TPSA) is 69.2 Å². The summed E-state index contributed by atoms with van der Waals surface area (Å²) >= 11 is 0. The van der Waals surface area contributed by atoms with E-state index < -0.39 is 4.92 Å². The highest BCUT2D eigenvalue weighted by Crippen LogP contribution is 2.25. The summed E-state index contributed by atoms with van der Waals surface area (Å²) in [4.78, 5) is 10.1. The molecule has 0 aliphatic carbocycles. The lowest BCUT2D eigenvalue weighted by Crippen LogP contribution is -3.00. The largest absolute Gasteiger partial charge is 1.00 e. The lowest BCUT2D eigenvalue weighted by atomic mass is 10.0. The van der Waals surface area contributed by atoms with E-state index in [1.54, 1.807) is 6.07 Å². The maximum Gasteiger partial charge on any atom is 0.292 e. The number of nitro benzene ring substituents is 1.